The van der Waals surface area contributed by atoms with Crippen LogP contribution in [0.1, 0.15) is 11.4 Å². The number of nitrogens with zero attached hydrogens (tertiary/aromatic N) is 3. The van der Waals surface area contributed by atoms with Gasteiger partial charge in [0.25, 0.3) is 0 Å². The highest BCUT2D eigenvalue weighted by molar-refractivity contribution is 6.10. The Morgan fingerprint density at radius 3 is 2.36 bits per heavy atom. The highest BCUT2D eigenvalue weighted by Crippen LogP contribution is 2.36. The number of aromatic nitrogens is 4. The van der Waals surface area contributed by atoms with Gasteiger partial charge in [-0.15, -0.1) is 5.10 Å². The number of anilines is 1. The second kappa shape index (κ2) is 5.70. The summed E-state index contributed by atoms with van der Waals surface area (Å²) in [7, 11) is 3.25. The monoisotopic (exact) mass is 337 g/mol. The molecule has 4 rings (SSSR count). The number of hydrogen-bond donors (Lipinski definition) is 2. The number of hydrogen-bond acceptors (Lipinski definition) is 5. The number of rotatable bonds is 4. The van der Waals surface area contributed by atoms with E-state index in [9.17, 15) is 0 Å². The van der Waals surface area contributed by atoms with E-state index in [0.717, 1.165) is 33.2 Å². The summed E-state index contributed by atoms with van der Waals surface area (Å²) in [6.45, 7) is 4.07. The van der Waals surface area contributed by atoms with Crippen LogP contribution in [0.15, 0.2) is 30.5 Å². The van der Waals surface area contributed by atoms with Crippen molar-refractivity contribution in [1.82, 2.24) is 19.9 Å². The molecule has 25 heavy (non-hydrogen) atoms. The van der Waals surface area contributed by atoms with Gasteiger partial charge in [-0.1, -0.05) is 0 Å². The minimum atomic E-state index is 0.661. The topological polar surface area (TPSA) is 77.0 Å². The molecule has 0 amide bonds. The second-order valence-corrected chi connectivity index (χ2v) is 5.92. The highest BCUT2D eigenvalue weighted by atomic mass is 16.5. The van der Waals surface area contributed by atoms with Gasteiger partial charge in [0.05, 0.1) is 31.4 Å². The van der Waals surface area contributed by atoms with Crippen molar-refractivity contribution in [3.05, 3.63) is 41.9 Å². The van der Waals surface area contributed by atoms with Crippen molar-refractivity contribution in [3.8, 4) is 11.5 Å². The third-order valence-corrected chi connectivity index (χ3v) is 4.41. The van der Waals surface area contributed by atoms with Crippen LogP contribution in [0.3, 0.4) is 0 Å². The average Bonchev–Trinajstić information content (AvgIpc) is 3.15. The van der Waals surface area contributed by atoms with Crippen molar-refractivity contribution in [2.45, 2.75) is 13.8 Å². The van der Waals surface area contributed by atoms with Crippen molar-refractivity contribution in [1.29, 1.82) is 0 Å². The van der Waals surface area contributed by atoms with E-state index in [1.54, 1.807) is 20.4 Å². The molecule has 7 nitrogen and oxygen atoms in total. The zero-order valence-corrected chi connectivity index (χ0v) is 14.5. The molecule has 0 atom stereocenters. The molecule has 0 aliphatic carbocycles. The fourth-order valence-corrected chi connectivity index (χ4v) is 3.09. The molecule has 0 spiro atoms. The molecule has 0 fully saturated rings. The number of aromatic amines is 1. The highest BCUT2D eigenvalue weighted by Gasteiger charge is 2.15. The lowest BCUT2D eigenvalue weighted by molar-refractivity contribution is 0.356. The van der Waals surface area contributed by atoms with Crippen LogP contribution in [0.4, 0.5) is 5.82 Å². The summed E-state index contributed by atoms with van der Waals surface area (Å²) in [5, 5.41) is 10.4. The summed E-state index contributed by atoms with van der Waals surface area (Å²) in [5.41, 5.74) is 7.34. The molecule has 128 valence electrons. The molecule has 0 radical (unpaired) electrons. The van der Waals surface area contributed by atoms with Gasteiger partial charge in [-0.3, -0.25) is 10.1 Å². The normalized spacial score (nSPS) is 11.2. The molecule has 1 aromatic carbocycles. The Morgan fingerprint density at radius 2 is 1.68 bits per heavy atom. The summed E-state index contributed by atoms with van der Waals surface area (Å²) in [5.74, 6) is 2.02. The van der Waals surface area contributed by atoms with E-state index in [2.05, 4.69) is 32.7 Å². The first-order valence-corrected chi connectivity index (χ1v) is 7.93. The van der Waals surface area contributed by atoms with Gasteiger partial charge < -0.3 is 14.5 Å². The first-order valence-electron chi connectivity index (χ1n) is 7.93. The van der Waals surface area contributed by atoms with Gasteiger partial charge in [-0.25, -0.2) is 0 Å². The summed E-state index contributed by atoms with van der Waals surface area (Å²) in [6.07, 6.45) is 1.75. The molecule has 4 aromatic rings. The van der Waals surface area contributed by atoms with Crippen LogP contribution in [-0.4, -0.2) is 34.1 Å². The largest absolute Gasteiger partial charge is 0.493 e. The van der Waals surface area contributed by atoms with Crippen LogP contribution < -0.4 is 14.9 Å². The lowest BCUT2D eigenvalue weighted by atomic mass is 10.2. The van der Waals surface area contributed by atoms with Crippen molar-refractivity contribution >= 4 is 27.6 Å². The Balaban J connectivity index is 1.92. The quantitative estimate of drug-likeness (QED) is 0.597. The van der Waals surface area contributed by atoms with Crippen LogP contribution in [0.25, 0.3) is 21.8 Å². The number of ether oxygens (including phenoxy) is 2. The van der Waals surface area contributed by atoms with Gasteiger partial charge in [-0.2, -0.15) is 5.10 Å². The van der Waals surface area contributed by atoms with E-state index in [0.29, 0.717) is 17.3 Å². The molecule has 0 aliphatic rings. The molecule has 3 heterocycles. The van der Waals surface area contributed by atoms with Gasteiger partial charge in [0.15, 0.2) is 17.3 Å². The molecular weight excluding hydrogens is 318 g/mol. The molecular formula is C18H19N5O2. The predicted octanol–water partition coefficient (Wildman–Crippen LogP) is 3.42. The Hall–Kier alpha value is -3.22. The zero-order valence-electron chi connectivity index (χ0n) is 14.5. The van der Waals surface area contributed by atoms with E-state index in [1.165, 1.54) is 0 Å². The summed E-state index contributed by atoms with van der Waals surface area (Å²) >= 11 is 0. The van der Waals surface area contributed by atoms with Crippen LogP contribution >= 0.6 is 0 Å². The molecule has 0 unspecified atom stereocenters. The molecule has 0 saturated heterocycles. The fraction of sp³-hybridized carbons (Fsp3) is 0.222. The Labute approximate surface area is 144 Å². The Kier molecular flexibility index (Phi) is 3.49. The van der Waals surface area contributed by atoms with Gasteiger partial charge in [0.2, 0.25) is 0 Å². The number of methoxy groups -OCH3 is 2. The number of aryl methyl sites for hydroxylation is 2. The maximum Gasteiger partial charge on any atom is 0.191 e. The minimum Gasteiger partial charge on any atom is -0.493 e. The standard InChI is InChI=1S/C18H19N5O2/c1-10-5-6-11(2)23(10)22-18-17-13(9-19-21-18)12-7-15(24-3)16(25-4)8-14(12)20-17/h5-9,20H,1-4H3,(H,21,22). The lowest BCUT2D eigenvalue weighted by Crippen LogP contribution is -2.14. The predicted molar refractivity (Wildman–Crippen MR) is 97.4 cm³/mol. The van der Waals surface area contributed by atoms with Gasteiger partial charge in [0, 0.05) is 28.2 Å². The van der Waals surface area contributed by atoms with E-state index in [4.69, 9.17) is 9.47 Å². The summed E-state index contributed by atoms with van der Waals surface area (Å²) < 4.78 is 12.8. The first-order chi connectivity index (χ1) is 12.1. The molecule has 0 saturated carbocycles. The van der Waals surface area contributed by atoms with E-state index in [1.807, 2.05) is 30.7 Å². The van der Waals surface area contributed by atoms with Gasteiger partial charge in [-0.05, 0) is 32.0 Å². The van der Waals surface area contributed by atoms with E-state index in [-0.39, 0.29) is 0 Å². The minimum absolute atomic E-state index is 0.661. The lowest BCUT2D eigenvalue weighted by Gasteiger charge is -2.11. The smallest absolute Gasteiger partial charge is 0.191 e. The summed E-state index contributed by atoms with van der Waals surface area (Å²) in [4.78, 5) is 3.41. The first kappa shape index (κ1) is 15.3. The average molecular weight is 337 g/mol. The number of nitrogens with one attached hydrogen (secondary N) is 2. The SMILES string of the molecule is COc1cc2[nH]c3c(Nn4c(C)ccc4C)nncc3c2cc1OC. The van der Waals surface area contributed by atoms with E-state index >= 15 is 0 Å². The van der Waals surface area contributed by atoms with Crippen molar-refractivity contribution in [2.75, 3.05) is 19.6 Å². The third kappa shape index (κ3) is 2.36. The molecule has 7 heteroatoms. The third-order valence-electron chi connectivity index (χ3n) is 4.41. The van der Waals surface area contributed by atoms with Crippen molar-refractivity contribution in [2.24, 2.45) is 0 Å². The van der Waals surface area contributed by atoms with Crippen LogP contribution in [0, 0.1) is 13.8 Å². The van der Waals surface area contributed by atoms with Crippen molar-refractivity contribution in [3.63, 3.8) is 0 Å². The maximum atomic E-state index is 5.41. The Bertz CT molecular complexity index is 1060. The number of benzene rings is 1. The molecule has 0 bridgehead atoms. The second-order valence-electron chi connectivity index (χ2n) is 5.92. The molecule has 3 aromatic heterocycles. The van der Waals surface area contributed by atoms with Crippen LogP contribution in [-0.2, 0) is 0 Å². The fourth-order valence-electron chi connectivity index (χ4n) is 3.09. The van der Waals surface area contributed by atoms with Gasteiger partial charge in [0.1, 0.15) is 0 Å². The van der Waals surface area contributed by atoms with E-state index < -0.39 is 0 Å². The van der Waals surface area contributed by atoms with Crippen LogP contribution in [0.2, 0.25) is 0 Å². The molecule has 2 N–H and O–H groups in total. The summed E-state index contributed by atoms with van der Waals surface area (Å²) in [6, 6.07) is 7.97. The molecule has 0 aliphatic heterocycles. The number of fused-ring (bicyclic) bond motifs is 3. The maximum absolute atomic E-state index is 5.41. The van der Waals surface area contributed by atoms with Crippen molar-refractivity contribution < 1.29 is 9.47 Å². The Morgan fingerprint density at radius 1 is 1.00 bits per heavy atom. The number of H-pyrrole nitrogens is 1. The van der Waals surface area contributed by atoms with Crippen LogP contribution in [0.5, 0.6) is 11.5 Å². The van der Waals surface area contributed by atoms with Gasteiger partial charge >= 0.3 is 0 Å². The zero-order chi connectivity index (χ0) is 17.6.